The molecule has 5 nitrogen and oxygen atoms in total. The van der Waals surface area contributed by atoms with Crippen LogP contribution in [0.5, 0.6) is 0 Å². The lowest BCUT2D eigenvalue weighted by Gasteiger charge is -2.32. The van der Waals surface area contributed by atoms with Gasteiger partial charge in [0.05, 0.1) is 0 Å². The van der Waals surface area contributed by atoms with Crippen molar-refractivity contribution >= 4 is 12.0 Å². The fraction of sp³-hybridized carbons (Fsp3) is 0.500. The molecule has 0 saturated carbocycles. The van der Waals surface area contributed by atoms with Crippen LogP contribution in [0.15, 0.2) is 30.3 Å². The highest BCUT2D eigenvalue weighted by molar-refractivity contribution is 5.91. The smallest absolute Gasteiger partial charge is 0.428 e. The molecule has 1 aliphatic heterocycles. The highest BCUT2D eigenvalue weighted by atomic mass is 19.4. The van der Waals surface area contributed by atoms with Crippen LogP contribution >= 0.6 is 0 Å². The van der Waals surface area contributed by atoms with Gasteiger partial charge in [-0.25, -0.2) is 9.69 Å². The van der Waals surface area contributed by atoms with Gasteiger partial charge in [-0.05, 0) is 6.42 Å². The van der Waals surface area contributed by atoms with Crippen LogP contribution in [0.2, 0.25) is 0 Å². The monoisotopic (exact) mass is 344 g/mol. The van der Waals surface area contributed by atoms with E-state index in [1.807, 2.05) is 6.92 Å². The van der Waals surface area contributed by atoms with Crippen molar-refractivity contribution < 1.29 is 27.5 Å². The van der Waals surface area contributed by atoms with Crippen LogP contribution in [0.1, 0.15) is 31.7 Å². The molecule has 2 N–H and O–H groups in total. The Labute approximate surface area is 137 Å². The maximum Gasteiger partial charge on any atom is 0.487 e. The molecule has 1 aromatic carbocycles. The number of amides is 2. The number of likely N-dealkylation sites (tertiary alicyclic amines) is 1. The van der Waals surface area contributed by atoms with Gasteiger partial charge in [-0.1, -0.05) is 50.1 Å². The Hall–Kier alpha value is -2.25. The molecule has 24 heavy (non-hydrogen) atoms. The summed E-state index contributed by atoms with van der Waals surface area (Å²) in [5.41, 5.74) is 3.24. The Morgan fingerprint density at radius 3 is 2.50 bits per heavy atom. The minimum atomic E-state index is -4.85. The van der Waals surface area contributed by atoms with E-state index in [0.29, 0.717) is 12.8 Å². The van der Waals surface area contributed by atoms with Crippen LogP contribution in [0.25, 0.3) is 0 Å². The van der Waals surface area contributed by atoms with Gasteiger partial charge in [0.15, 0.2) is 0 Å². The van der Waals surface area contributed by atoms with Crippen molar-refractivity contribution in [2.24, 2.45) is 11.7 Å². The van der Waals surface area contributed by atoms with Crippen LogP contribution in [0.4, 0.5) is 18.0 Å². The van der Waals surface area contributed by atoms with Gasteiger partial charge in [-0.2, -0.15) is 0 Å². The molecule has 0 radical (unpaired) electrons. The van der Waals surface area contributed by atoms with Crippen LogP contribution in [0.3, 0.4) is 0 Å². The van der Waals surface area contributed by atoms with Gasteiger partial charge in [0.1, 0.15) is 0 Å². The lowest BCUT2D eigenvalue weighted by molar-refractivity contribution is -0.238. The van der Waals surface area contributed by atoms with Gasteiger partial charge < -0.3 is 10.5 Å². The highest BCUT2D eigenvalue weighted by Gasteiger charge is 2.63. The maximum atomic E-state index is 13.2. The molecule has 2 amide bonds. The second-order valence-corrected chi connectivity index (χ2v) is 5.75. The normalized spacial score (nSPS) is 24.2. The van der Waals surface area contributed by atoms with Gasteiger partial charge in [0.25, 0.3) is 5.91 Å². The van der Waals surface area contributed by atoms with Crippen LogP contribution in [-0.2, 0) is 15.1 Å². The first-order valence-corrected chi connectivity index (χ1v) is 7.66. The number of hydrogen-bond donors (Lipinski definition) is 1. The number of carbonyl (C=O) groups excluding carboxylic acids is 2. The molecule has 0 aromatic heterocycles. The minimum absolute atomic E-state index is 0.191. The first kappa shape index (κ1) is 18.1. The summed E-state index contributed by atoms with van der Waals surface area (Å²) >= 11 is 0. The van der Waals surface area contributed by atoms with Gasteiger partial charge in [0, 0.05) is 18.0 Å². The standard InChI is InChI=1S/C16H19F3N2O3/c1-2-3-7-12-10-21(16(17,18)19)13(22)15(12,24-14(20)23)11-8-5-4-6-9-11/h4-6,8-9,12H,2-3,7,10H2,1H3,(H2,20,23). The van der Waals surface area contributed by atoms with E-state index >= 15 is 0 Å². The molecule has 132 valence electrons. The topological polar surface area (TPSA) is 72.6 Å². The molecular weight excluding hydrogens is 325 g/mol. The summed E-state index contributed by atoms with van der Waals surface area (Å²) < 4.78 is 44.8. The Kier molecular flexibility index (Phi) is 5.05. The second kappa shape index (κ2) is 6.70. The predicted molar refractivity (Wildman–Crippen MR) is 79.6 cm³/mol. The van der Waals surface area contributed by atoms with Crippen LogP contribution in [-0.4, -0.2) is 29.7 Å². The SMILES string of the molecule is CCCCC1CN(C(F)(F)F)C(=O)C1(OC(N)=O)c1ccccc1. The zero-order chi connectivity index (χ0) is 18.0. The fourth-order valence-corrected chi connectivity index (χ4v) is 3.16. The first-order chi connectivity index (χ1) is 11.2. The second-order valence-electron chi connectivity index (χ2n) is 5.75. The van der Waals surface area contributed by atoms with E-state index < -0.39 is 36.4 Å². The third-order valence-corrected chi connectivity index (χ3v) is 4.22. The average molecular weight is 344 g/mol. The first-order valence-electron chi connectivity index (χ1n) is 7.66. The van der Waals surface area contributed by atoms with Gasteiger partial charge in [0.2, 0.25) is 5.60 Å². The van der Waals surface area contributed by atoms with Crippen molar-refractivity contribution in [2.75, 3.05) is 6.54 Å². The Morgan fingerprint density at radius 1 is 1.38 bits per heavy atom. The fourth-order valence-electron chi connectivity index (χ4n) is 3.16. The molecule has 1 fully saturated rings. The number of nitrogens with zero attached hydrogens (tertiary/aromatic N) is 1. The minimum Gasteiger partial charge on any atom is -0.428 e. The number of primary amides is 1. The largest absolute Gasteiger partial charge is 0.487 e. The third-order valence-electron chi connectivity index (χ3n) is 4.22. The molecule has 0 spiro atoms. The molecule has 1 saturated heterocycles. The van der Waals surface area contributed by atoms with Crippen molar-refractivity contribution in [1.29, 1.82) is 0 Å². The van der Waals surface area contributed by atoms with Gasteiger partial charge in [-0.3, -0.25) is 4.79 Å². The number of benzene rings is 1. The molecule has 1 aromatic rings. The molecule has 2 rings (SSSR count). The summed E-state index contributed by atoms with van der Waals surface area (Å²) in [6.45, 7) is 1.32. The zero-order valence-corrected chi connectivity index (χ0v) is 13.2. The molecule has 2 atom stereocenters. The van der Waals surface area contributed by atoms with Crippen molar-refractivity contribution in [3.8, 4) is 0 Å². The molecule has 1 aliphatic rings. The number of hydrogen-bond acceptors (Lipinski definition) is 3. The lowest BCUT2D eigenvalue weighted by atomic mass is 9.80. The maximum absolute atomic E-state index is 13.2. The molecule has 8 heteroatoms. The summed E-state index contributed by atoms with van der Waals surface area (Å²) in [4.78, 5) is 23.9. The Bertz CT molecular complexity index is 606. The quantitative estimate of drug-likeness (QED) is 0.834. The average Bonchev–Trinajstić information content (AvgIpc) is 2.79. The summed E-state index contributed by atoms with van der Waals surface area (Å²) in [5.74, 6) is -2.14. The molecule has 1 heterocycles. The molecule has 2 unspecified atom stereocenters. The van der Waals surface area contributed by atoms with E-state index in [1.165, 1.54) is 12.1 Å². The van der Waals surface area contributed by atoms with Gasteiger partial charge in [-0.15, -0.1) is 13.2 Å². The number of ether oxygens (including phenoxy) is 1. The van der Waals surface area contributed by atoms with E-state index in [1.54, 1.807) is 18.2 Å². The van der Waals surface area contributed by atoms with Crippen LogP contribution in [0, 0.1) is 5.92 Å². The number of alkyl halides is 3. The summed E-state index contributed by atoms with van der Waals surface area (Å²) in [7, 11) is 0. The van der Waals surface area contributed by atoms with E-state index in [9.17, 15) is 22.8 Å². The number of nitrogens with two attached hydrogens (primary N) is 1. The van der Waals surface area contributed by atoms with Gasteiger partial charge >= 0.3 is 12.4 Å². The zero-order valence-electron chi connectivity index (χ0n) is 13.2. The molecule has 0 bridgehead atoms. The number of rotatable bonds is 5. The number of unbranched alkanes of at least 4 members (excludes halogenated alkanes) is 1. The van der Waals surface area contributed by atoms with E-state index in [0.717, 1.165) is 6.42 Å². The number of carbonyl (C=O) groups is 2. The van der Waals surface area contributed by atoms with Crippen molar-refractivity contribution in [2.45, 2.75) is 38.1 Å². The Morgan fingerprint density at radius 2 is 2.00 bits per heavy atom. The predicted octanol–water partition coefficient (Wildman–Crippen LogP) is 3.15. The lowest BCUT2D eigenvalue weighted by Crippen LogP contribution is -2.48. The third kappa shape index (κ3) is 3.18. The van der Waals surface area contributed by atoms with E-state index in [4.69, 9.17) is 10.5 Å². The van der Waals surface area contributed by atoms with Crippen molar-refractivity contribution in [3.63, 3.8) is 0 Å². The number of halogens is 3. The summed E-state index contributed by atoms with van der Waals surface area (Å²) in [5, 5.41) is 0. The van der Waals surface area contributed by atoms with Crippen LogP contribution < -0.4 is 5.73 Å². The molecular formula is C16H19F3N2O3. The highest BCUT2D eigenvalue weighted by Crippen LogP contribution is 2.47. The molecule has 0 aliphatic carbocycles. The Balaban J connectivity index is 2.57. The van der Waals surface area contributed by atoms with Crippen molar-refractivity contribution in [3.05, 3.63) is 35.9 Å². The summed E-state index contributed by atoms with van der Waals surface area (Å²) in [6.07, 6.45) is -4.49. The van der Waals surface area contributed by atoms with E-state index in [2.05, 4.69) is 0 Å². The summed E-state index contributed by atoms with van der Waals surface area (Å²) in [6, 6.07) is 7.74. The van der Waals surface area contributed by atoms with E-state index in [-0.39, 0.29) is 10.5 Å². The van der Waals surface area contributed by atoms with Crippen molar-refractivity contribution in [1.82, 2.24) is 4.90 Å².